The van der Waals surface area contributed by atoms with Gasteiger partial charge in [0.15, 0.2) is 5.96 Å². The Kier molecular flexibility index (Phi) is 5.20. The van der Waals surface area contributed by atoms with Crippen LogP contribution in [0.1, 0.15) is 11.5 Å². The van der Waals surface area contributed by atoms with Gasteiger partial charge in [-0.25, -0.2) is 0 Å². The second-order valence-corrected chi connectivity index (χ2v) is 4.72. The summed E-state index contributed by atoms with van der Waals surface area (Å²) in [6.45, 7) is 1.20. The van der Waals surface area contributed by atoms with E-state index in [1.54, 1.807) is 19.5 Å². The number of pyridine rings is 1. The first kappa shape index (κ1) is 14.9. The average molecular weight is 287 g/mol. The summed E-state index contributed by atoms with van der Waals surface area (Å²) in [6.07, 6.45) is 3.45. The molecule has 0 amide bonds. The largest absolute Gasteiger partial charge is 0.467 e. The zero-order valence-corrected chi connectivity index (χ0v) is 12.6. The second-order valence-electron chi connectivity index (χ2n) is 4.72. The van der Waals surface area contributed by atoms with Gasteiger partial charge < -0.3 is 20.0 Å². The van der Waals surface area contributed by atoms with Gasteiger partial charge in [0.05, 0.1) is 30.7 Å². The molecule has 2 N–H and O–H groups in total. The van der Waals surface area contributed by atoms with Crippen LogP contribution in [0.15, 0.2) is 46.1 Å². The monoisotopic (exact) mass is 287 g/mol. The number of nitrogens with zero attached hydrogens (tertiary/aromatic N) is 3. The van der Waals surface area contributed by atoms with Crippen LogP contribution in [-0.2, 0) is 13.1 Å². The maximum atomic E-state index is 5.28. The Labute approximate surface area is 124 Å². The minimum absolute atomic E-state index is 0.593. The van der Waals surface area contributed by atoms with Crippen molar-refractivity contribution in [3.63, 3.8) is 0 Å². The minimum atomic E-state index is 0.593. The van der Waals surface area contributed by atoms with Crippen molar-refractivity contribution in [1.82, 2.24) is 15.6 Å². The van der Waals surface area contributed by atoms with Gasteiger partial charge >= 0.3 is 0 Å². The lowest BCUT2D eigenvalue weighted by Gasteiger charge is -2.17. The SMILES string of the molecule is CN=C(NCc1ccco1)NCc1ncccc1N(C)C. The summed E-state index contributed by atoms with van der Waals surface area (Å²) in [5.74, 6) is 1.58. The molecule has 2 aromatic rings. The molecule has 6 heteroatoms. The van der Waals surface area contributed by atoms with Crippen LogP contribution in [-0.4, -0.2) is 32.1 Å². The Bertz CT molecular complexity index is 578. The van der Waals surface area contributed by atoms with Gasteiger partial charge in [-0.05, 0) is 24.3 Å². The van der Waals surface area contributed by atoms with Gasteiger partial charge in [-0.3, -0.25) is 9.98 Å². The molecule has 0 bridgehead atoms. The van der Waals surface area contributed by atoms with Crippen LogP contribution >= 0.6 is 0 Å². The van der Waals surface area contributed by atoms with Crippen molar-refractivity contribution in [3.05, 3.63) is 48.2 Å². The molecule has 112 valence electrons. The highest BCUT2D eigenvalue weighted by Gasteiger charge is 2.06. The van der Waals surface area contributed by atoms with E-state index in [9.17, 15) is 0 Å². The Morgan fingerprint density at radius 1 is 1.24 bits per heavy atom. The molecule has 0 aliphatic heterocycles. The zero-order valence-electron chi connectivity index (χ0n) is 12.6. The van der Waals surface area contributed by atoms with Crippen molar-refractivity contribution in [1.29, 1.82) is 0 Å². The summed E-state index contributed by atoms with van der Waals surface area (Å²) in [7, 11) is 5.75. The van der Waals surface area contributed by atoms with E-state index in [1.807, 2.05) is 43.3 Å². The smallest absolute Gasteiger partial charge is 0.191 e. The first-order valence-electron chi connectivity index (χ1n) is 6.79. The van der Waals surface area contributed by atoms with Crippen LogP contribution in [0.4, 0.5) is 5.69 Å². The highest BCUT2D eigenvalue weighted by molar-refractivity contribution is 5.79. The van der Waals surface area contributed by atoms with Crippen LogP contribution in [0.25, 0.3) is 0 Å². The molecule has 0 saturated heterocycles. The lowest BCUT2D eigenvalue weighted by molar-refractivity contribution is 0.501. The number of hydrogen-bond donors (Lipinski definition) is 2. The summed E-state index contributed by atoms with van der Waals surface area (Å²) in [4.78, 5) is 10.6. The van der Waals surface area contributed by atoms with Crippen LogP contribution in [0.3, 0.4) is 0 Å². The van der Waals surface area contributed by atoms with E-state index >= 15 is 0 Å². The number of hydrogen-bond acceptors (Lipinski definition) is 4. The van der Waals surface area contributed by atoms with Crippen molar-refractivity contribution < 1.29 is 4.42 Å². The molecule has 0 unspecified atom stereocenters. The molecule has 0 aliphatic rings. The molecular weight excluding hydrogens is 266 g/mol. The highest BCUT2D eigenvalue weighted by Crippen LogP contribution is 2.14. The first-order valence-corrected chi connectivity index (χ1v) is 6.79. The number of rotatable bonds is 5. The summed E-state index contributed by atoms with van der Waals surface area (Å²) in [5, 5.41) is 6.45. The standard InChI is InChI=1S/C15H21N5O/c1-16-15(18-10-12-6-5-9-21-12)19-11-13-14(20(2)3)7-4-8-17-13/h4-9H,10-11H2,1-3H3,(H2,16,18,19). The fourth-order valence-electron chi connectivity index (χ4n) is 1.94. The average Bonchev–Trinajstić information content (AvgIpc) is 3.01. The summed E-state index contributed by atoms with van der Waals surface area (Å²) in [6, 6.07) is 7.76. The van der Waals surface area contributed by atoms with E-state index in [2.05, 4.69) is 20.6 Å². The molecule has 0 fully saturated rings. The van der Waals surface area contributed by atoms with E-state index in [0.717, 1.165) is 17.1 Å². The summed E-state index contributed by atoms with van der Waals surface area (Å²) >= 11 is 0. The normalized spacial score (nSPS) is 11.3. The fraction of sp³-hybridized carbons (Fsp3) is 0.333. The third kappa shape index (κ3) is 4.24. The Balaban J connectivity index is 1.91. The van der Waals surface area contributed by atoms with Crippen molar-refractivity contribution in [2.24, 2.45) is 4.99 Å². The van der Waals surface area contributed by atoms with Gasteiger partial charge in [0.25, 0.3) is 0 Å². The van der Waals surface area contributed by atoms with Crippen molar-refractivity contribution in [2.75, 3.05) is 26.0 Å². The number of guanidine groups is 1. The Morgan fingerprint density at radius 2 is 2.05 bits per heavy atom. The van der Waals surface area contributed by atoms with Crippen molar-refractivity contribution in [3.8, 4) is 0 Å². The molecular formula is C15H21N5O. The van der Waals surface area contributed by atoms with Crippen LogP contribution in [0.2, 0.25) is 0 Å². The van der Waals surface area contributed by atoms with Gasteiger partial charge in [0, 0.05) is 27.3 Å². The minimum Gasteiger partial charge on any atom is -0.467 e. The first-order chi connectivity index (χ1) is 10.2. The molecule has 2 heterocycles. The van der Waals surface area contributed by atoms with Gasteiger partial charge in [-0.2, -0.15) is 0 Å². The van der Waals surface area contributed by atoms with Crippen LogP contribution < -0.4 is 15.5 Å². The topological polar surface area (TPSA) is 65.7 Å². The fourth-order valence-corrected chi connectivity index (χ4v) is 1.94. The van der Waals surface area contributed by atoms with E-state index in [1.165, 1.54) is 0 Å². The maximum Gasteiger partial charge on any atom is 0.191 e. The molecule has 0 atom stereocenters. The lowest BCUT2D eigenvalue weighted by atomic mass is 10.3. The van der Waals surface area contributed by atoms with Gasteiger partial charge in [-0.1, -0.05) is 0 Å². The Hall–Kier alpha value is -2.50. The second kappa shape index (κ2) is 7.33. The van der Waals surface area contributed by atoms with E-state index in [0.29, 0.717) is 19.0 Å². The maximum absolute atomic E-state index is 5.28. The predicted octanol–water partition coefficient (Wildman–Crippen LogP) is 1.61. The Morgan fingerprint density at radius 3 is 2.71 bits per heavy atom. The number of nitrogens with one attached hydrogen (secondary N) is 2. The third-order valence-electron chi connectivity index (χ3n) is 3.01. The van der Waals surface area contributed by atoms with E-state index < -0.39 is 0 Å². The molecule has 0 aromatic carbocycles. The molecule has 0 spiro atoms. The molecule has 0 saturated carbocycles. The molecule has 0 aliphatic carbocycles. The van der Waals surface area contributed by atoms with Gasteiger partial charge in [0.2, 0.25) is 0 Å². The highest BCUT2D eigenvalue weighted by atomic mass is 16.3. The van der Waals surface area contributed by atoms with Crippen molar-refractivity contribution in [2.45, 2.75) is 13.1 Å². The number of aromatic nitrogens is 1. The summed E-state index contributed by atoms with van der Waals surface area (Å²) < 4.78 is 5.28. The van der Waals surface area contributed by atoms with E-state index in [-0.39, 0.29) is 0 Å². The summed E-state index contributed by atoms with van der Waals surface area (Å²) in [5.41, 5.74) is 2.06. The van der Waals surface area contributed by atoms with E-state index in [4.69, 9.17) is 4.42 Å². The molecule has 2 aromatic heterocycles. The third-order valence-corrected chi connectivity index (χ3v) is 3.01. The van der Waals surface area contributed by atoms with Crippen LogP contribution in [0.5, 0.6) is 0 Å². The molecule has 21 heavy (non-hydrogen) atoms. The molecule has 0 radical (unpaired) electrons. The number of aliphatic imine (C=N–C) groups is 1. The number of anilines is 1. The predicted molar refractivity (Wildman–Crippen MR) is 84.3 cm³/mol. The lowest BCUT2D eigenvalue weighted by Crippen LogP contribution is -2.36. The quantitative estimate of drug-likeness (QED) is 0.646. The molecule has 2 rings (SSSR count). The van der Waals surface area contributed by atoms with Crippen LogP contribution in [0, 0.1) is 0 Å². The zero-order chi connectivity index (χ0) is 15.1. The van der Waals surface area contributed by atoms with Gasteiger partial charge in [-0.15, -0.1) is 0 Å². The van der Waals surface area contributed by atoms with Crippen molar-refractivity contribution >= 4 is 11.6 Å². The number of furan rings is 1. The van der Waals surface area contributed by atoms with Gasteiger partial charge in [0.1, 0.15) is 5.76 Å². The molecule has 6 nitrogen and oxygen atoms in total.